The summed E-state index contributed by atoms with van der Waals surface area (Å²) in [5, 5.41) is 24.7. The average Bonchev–Trinajstić information content (AvgIpc) is 3.68. The molecule has 0 saturated heterocycles. The normalized spacial score (nSPS) is 10.9. The number of nitrogens with zero attached hydrogens (tertiary/aromatic N) is 6. The Morgan fingerprint density at radius 3 is 1.38 bits per heavy atom. The molecular formula is C22H22N10O12S4. The fourth-order valence-electron chi connectivity index (χ4n) is 3.16. The van der Waals surface area contributed by atoms with Crippen molar-refractivity contribution in [2.45, 2.75) is 22.3 Å². The van der Waals surface area contributed by atoms with Gasteiger partial charge in [0, 0.05) is 0 Å². The lowest BCUT2D eigenvalue weighted by Gasteiger charge is -2.08. The summed E-state index contributed by atoms with van der Waals surface area (Å²) in [5.41, 5.74) is -0.865. The molecule has 4 aromatic rings. The molecule has 0 radical (unpaired) electrons. The number of carbonyl (C=O) groups excluding carboxylic acids is 2. The number of carboxylic acid groups (broad SMARTS) is 2. The van der Waals surface area contributed by atoms with Crippen LogP contribution < -0.4 is 29.6 Å². The molecule has 4 rings (SSSR count). The molecule has 4 heterocycles. The number of carboxylic acids is 2. The number of ether oxygens (including phenoxy) is 2. The van der Waals surface area contributed by atoms with E-state index in [0.717, 1.165) is 12.1 Å². The Labute approximate surface area is 277 Å². The van der Waals surface area contributed by atoms with Crippen molar-refractivity contribution in [1.82, 2.24) is 39.3 Å². The lowest BCUT2D eigenvalue weighted by molar-refractivity contribution is 0.0683. The molecule has 0 fully saturated rings. The predicted octanol–water partition coefficient (Wildman–Crippen LogP) is 0.917. The molecule has 256 valence electrons. The van der Waals surface area contributed by atoms with E-state index in [-0.39, 0.29) is 23.9 Å². The van der Waals surface area contributed by atoms with Gasteiger partial charge in [-0.1, -0.05) is 0 Å². The van der Waals surface area contributed by atoms with Gasteiger partial charge in [-0.2, -0.15) is 19.9 Å². The number of aromatic nitrogens is 6. The van der Waals surface area contributed by atoms with Gasteiger partial charge in [0.25, 0.3) is 20.0 Å². The third kappa shape index (κ3) is 9.70. The fourth-order valence-corrected chi connectivity index (χ4v) is 7.65. The number of thiophene rings is 2. The SMILES string of the molecule is COc1nc(NC(=O)NS(=O)(=O)c2sccc2C(=O)O)nc(OC)n1.Cc1nc(C)nc(NC(=O)NS(=O)(=O)c2sccc2C(=O)O)n1. The minimum Gasteiger partial charge on any atom is -0.478 e. The summed E-state index contributed by atoms with van der Waals surface area (Å²) in [5.74, 6) is -2.60. The van der Waals surface area contributed by atoms with E-state index in [4.69, 9.17) is 19.7 Å². The molecular weight excluding hydrogens is 725 g/mol. The van der Waals surface area contributed by atoms with Crippen molar-refractivity contribution >= 4 is 78.6 Å². The van der Waals surface area contributed by atoms with E-state index < -0.39 is 63.6 Å². The Morgan fingerprint density at radius 1 is 0.646 bits per heavy atom. The Morgan fingerprint density at radius 2 is 1.02 bits per heavy atom. The number of hydrogen-bond acceptors (Lipinski definition) is 18. The zero-order valence-electron chi connectivity index (χ0n) is 24.6. The number of rotatable bonds is 10. The van der Waals surface area contributed by atoms with E-state index in [0.29, 0.717) is 34.3 Å². The number of anilines is 2. The van der Waals surface area contributed by atoms with Gasteiger partial charge in [0.2, 0.25) is 11.9 Å². The largest absolute Gasteiger partial charge is 0.478 e. The Hall–Kier alpha value is -5.60. The predicted molar refractivity (Wildman–Crippen MR) is 163 cm³/mol. The molecule has 22 nitrogen and oxygen atoms in total. The highest BCUT2D eigenvalue weighted by molar-refractivity contribution is 7.92. The second-order valence-electron chi connectivity index (χ2n) is 8.36. The fraction of sp³-hybridized carbons (Fsp3) is 0.182. The quantitative estimate of drug-likeness (QED) is 0.131. The summed E-state index contributed by atoms with van der Waals surface area (Å²) >= 11 is 1.34. The van der Waals surface area contributed by atoms with Crippen LogP contribution in [0.1, 0.15) is 32.4 Å². The first-order chi connectivity index (χ1) is 22.4. The number of urea groups is 2. The van der Waals surface area contributed by atoms with E-state index in [2.05, 4.69) is 40.5 Å². The lowest BCUT2D eigenvalue weighted by atomic mass is 10.4. The molecule has 0 bridgehead atoms. The molecule has 0 aromatic carbocycles. The highest BCUT2D eigenvalue weighted by atomic mass is 32.3. The minimum atomic E-state index is -4.40. The van der Waals surface area contributed by atoms with Gasteiger partial charge in [-0.05, 0) is 36.7 Å². The molecule has 0 saturated carbocycles. The first kappa shape index (κ1) is 36.9. The van der Waals surface area contributed by atoms with E-state index in [1.807, 2.05) is 0 Å². The number of hydrogen-bond donors (Lipinski definition) is 6. The number of carbonyl (C=O) groups is 4. The molecule has 0 aliphatic rings. The van der Waals surface area contributed by atoms with Crippen LogP contribution in [0.5, 0.6) is 12.0 Å². The van der Waals surface area contributed by atoms with Crippen LogP contribution in [-0.4, -0.2) is 95.2 Å². The Balaban J connectivity index is 0.000000261. The smallest absolute Gasteiger partial charge is 0.337 e. The monoisotopic (exact) mass is 746 g/mol. The first-order valence-corrected chi connectivity index (χ1v) is 17.0. The van der Waals surface area contributed by atoms with Crippen LogP contribution in [0.4, 0.5) is 21.5 Å². The standard InChI is InChI=1S/C11H11N5O7S2.C11H11N5O5S2/c1-22-10-13-8(14-11(15-10)23-2)12-9(19)16-25(20,21)7-5(6(17)18)3-4-24-7;1-5-12-6(2)14-10(13-5)15-11(19)16-23(20,21)9-7(8(17)18)3-4-22-9/h3-4H,1-2H3,(H,17,18)(H2,12,13,14,15,16,19);3-4H,1-2H3,(H,17,18)(H2,12,13,14,15,16,19). The highest BCUT2D eigenvalue weighted by Crippen LogP contribution is 2.23. The van der Waals surface area contributed by atoms with Crippen molar-refractivity contribution in [3.8, 4) is 12.0 Å². The highest BCUT2D eigenvalue weighted by Gasteiger charge is 2.27. The number of nitrogens with one attached hydrogen (secondary N) is 4. The first-order valence-electron chi connectivity index (χ1n) is 12.3. The number of amides is 4. The summed E-state index contributed by atoms with van der Waals surface area (Å²) in [6, 6.07) is -0.410. The number of methoxy groups -OCH3 is 2. The van der Waals surface area contributed by atoms with Crippen LogP contribution >= 0.6 is 22.7 Å². The summed E-state index contributed by atoms with van der Waals surface area (Å²) in [6.07, 6.45) is 0. The summed E-state index contributed by atoms with van der Waals surface area (Å²) in [7, 11) is -6.19. The van der Waals surface area contributed by atoms with Crippen molar-refractivity contribution in [1.29, 1.82) is 0 Å². The maximum absolute atomic E-state index is 12.1. The third-order valence-electron chi connectivity index (χ3n) is 4.93. The molecule has 0 aliphatic heterocycles. The van der Waals surface area contributed by atoms with Crippen molar-refractivity contribution in [3.63, 3.8) is 0 Å². The van der Waals surface area contributed by atoms with Crippen LogP contribution in [0.3, 0.4) is 0 Å². The summed E-state index contributed by atoms with van der Waals surface area (Å²) in [6.45, 7) is 3.17. The number of sulfonamides is 2. The van der Waals surface area contributed by atoms with E-state index in [9.17, 15) is 36.0 Å². The zero-order valence-corrected chi connectivity index (χ0v) is 27.9. The van der Waals surface area contributed by atoms with Gasteiger partial charge >= 0.3 is 36.0 Å². The average molecular weight is 747 g/mol. The molecule has 48 heavy (non-hydrogen) atoms. The van der Waals surface area contributed by atoms with Crippen molar-refractivity contribution in [3.05, 3.63) is 45.7 Å². The third-order valence-corrected chi connectivity index (χ3v) is 10.6. The van der Waals surface area contributed by atoms with Gasteiger partial charge in [0.15, 0.2) is 8.42 Å². The molecule has 0 atom stereocenters. The van der Waals surface area contributed by atoms with Gasteiger partial charge in [0.1, 0.15) is 11.6 Å². The molecule has 4 amide bonds. The van der Waals surface area contributed by atoms with Crippen molar-refractivity contribution in [2.24, 2.45) is 0 Å². The molecule has 4 aromatic heterocycles. The molecule has 0 spiro atoms. The van der Waals surface area contributed by atoms with Crippen LogP contribution in [0.2, 0.25) is 0 Å². The summed E-state index contributed by atoms with van der Waals surface area (Å²) in [4.78, 5) is 68.3. The van der Waals surface area contributed by atoms with Crippen molar-refractivity contribution < 1.29 is 55.7 Å². The summed E-state index contributed by atoms with van der Waals surface area (Å²) < 4.78 is 60.4. The number of aromatic carboxylic acids is 2. The lowest BCUT2D eigenvalue weighted by Crippen LogP contribution is -2.35. The van der Waals surface area contributed by atoms with Crippen LogP contribution in [0.25, 0.3) is 0 Å². The van der Waals surface area contributed by atoms with Gasteiger partial charge in [-0.25, -0.2) is 50.4 Å². The van der Waals surface area contributed by atoms with E-state index in [1.165, 1.54) is 25.0 Å². The van der Waals surface area contributed by atoms with E-state index >= 15 is 0 Å². The van der Waals surface area contributed by atoms with E-state index in [1.54, 1.807) is 23.3 Å². The second-order valence-corrected chi connectivity index (χ2v) is 13.9. The zero-order chi connectivity index (χ0) is 35.8. The van der Waals surface area contributed by atoms with Gasteiger partial charge in [-0.3, -0.25) is 10.6 Å². The van der Waals surface area contributed by atoms with Gasteiger partial charge < -0.3 is 19.7 Å². The molecule has 0 unspecified atom stereocenters. The van der Waals surface area contributed by atoms with Gasteiger partial charge in [-0.15, -0.1) is 27.7 Å². The Bertz CT molecular complexity index is 2040. The maximum atomic E-state index is 12.1. The van der Waals surface area contributed by atoms with Gasteiger partial charge in [0.05, 0.1) is 25.3 Å². The van der Waals surface area contributed by atoms with Crippen LogP contribution in [0, 0.1) is 13.8 Å². The van der Waals surface area contributed by atoms with Crippen LogP contribution in [0.15, 0.2) is 31.3 Å². The molecule has 0 aliphatic carbocycles. The topological polar surface area (TPSA) is 321 Å². The van der Waals surface area contributed by atoms with Crippen LogP contribution in [-0.2, 0) is 20.0 Å². The molecule has 26 heteroatoms. The Kier molecular flexibility index (Phi) is 11.8. The van der Waals surface area contributed by atoms with Crippen molar-refractivity contribution in [2.75, 3.05) is 24.9 Å². The molecule has 6 N–H and O–H groups in total. The minimum absolute atomic E-state index is 0.118. The number of aryl methyl sites for hydroxylation is 2. The second kappa shape index (κ2) is 15.3. The maximum Gasteiger partial charge on any atom is 0.337 e.